The molecule has 1 saturated heterocycles. The SMILES string of the molecule is C[C@@H]1CCCN(C(=O)CCCn2cncn2)[C@H]1CN. The predicted molar refractivity (Wildman–Crippen MR) is 72.2 cm³/mol. The number of hydrogen-bond donors (Lipinski definition) is 1. The summed E-state index contributed by atoms with van der Waals surface area (Å²) in [6.45, 7) is 4.35. The summed E-state index contributed by atoms with van der Waals surface area (Å²) in [5.74, 6) is 0.736. The fourth-order valence-electron chi connectivity index (χ4n) is 2.80. The highest BCUT2D eigenvalue weighted by Crippen LogP contribution is 2.23. The van der Waals surface area contributed by atoms with Gasteiger partial charge in [-0.1, -0.05) is 6.92 Å². The number of aromatic nitrogens is 3. The van der Waals surface area contributed by atoms with Gasteiger partial charge in [0.15, 0.2) is 0 Å². The molecule has 1 amide bonds. The van der Waals surface area contributed by atoms with Gasteiger partial charge in [0.05, 0.1) is 0 Å². The van der Waals surface area contributed by atoms with Gasteiger partial charge in [-0.3, -0.25) is 9.48 Å². The number of amides is 1. The minimum absolute atomic E-state index is 0.215. The third-order valence-electron chi connectivity index (χ3n) is 3.92. The second kappa shape index (κ2) is 6.65. The van der Waals surface area contributed by atoms with E-state index < -0.39 is 0 Å². The molecule has 0 saturated carbocycles. The van der Waals surface area contributed by atoms with Crippen LogP contribution in [0.3, 0.4) is 0 Å². The highest BCUT2D eigenvalue weighted by Gasteiger charge is 2.30. The number of nitrogens with two attached hydrogens (primary N) is 1. The predicted octanol–water partition coefficient (Wildman–Crippen LogP) is 0.644. The van der Waals surface area contributed by atoms with Gasteiger partial charge in [0.1, 0.15) is 12.7 Å². The molecule has 0 unspecified atom stereocenters. The van der Waals surface area contributed by atoms with E-state index in [2.05, 4.69) is 17.0 Å². The van der Waals surface area contributed by atoms with E-state index in [1.807, 2.05) is 4.90 Å². The van der Waals surface area contributed by atoms with Crippen LogP contribution in [0.5, 0.6) is 0 Å². The molecule has 1 aromatic rings. The van der Waals surface area contributed by atoms with Crippen molar-refractivity contribution in [2.24, 2.45) is 11.7 Å². The summed E-state index contributed by atoms with van der Waals surface area (Å²) in [6.07, 6.45) is 6.80. The van der Waals surface area contributed by atoms with E-state index in [0.29, 0.717) is 18.9 Å². The Morgan fingerprint density at radius 3 is 3.05 bits per heavy atom. The lowest BCUT2D eigenvalue weighted by molar-refractivity contribution is -0.136. The number of aryl methyl sites for hydroxylation is 1. The van der Waals surface area contributed by atoms with E-state index in [0.717, 1.165) is 25.9 Å². The molecular formula is C13H23N5O. The fraction of sp³-hybridized carbons (Fsp3) is 0.769. The van der Waals surface area contributed by atoms with Gasteiger partial charge in [-0.15, -0.1) is 0 Å². The average molecular weight is 265 g/mol. The number of hydrogen-bond acceptors (Lipinski definition) is 4. The standard InChI is InChI=1S/C13H23N5O/c1-11-4-2-7-18(12(11)8-14)13(19)5-3-6-17-10-15-9-16-17/h9-12H,2-8,14H2,1H3/t11-,12+/m1/s1. The van der Waals surface area contributed by atoms with Crippen molar-refractivity contribution in [1.29, 1.82) is 0 Å². The van der Waals surface area contributed by atoms with Crippen molar-refractivity contribution in [3.05, 3.63) is 12.7 Å². The molecule has 0 radical (unpaired) electrons. The van der Waals surface area contributed by atoms with Crippen LogP contribution in [0.25, 0.3) is 0 Å². The minimum Gasteiger partial charge on any atom is -0.338 e. The van der Waals surface area contributed by atoms with Crippen LogP contribution >= 0.6 is 0 Å². The first-order chi connectivity index (χ1) is 9.22. The first kappa shape index (κ1) is 14.0. The normalized spacial score (nSPS) is 23.6. The molecule has 6 nitrogen and oxygen atoms in total. The van der Waals surface area contributed by atoms with Crippen molar-refractivity contribution in [2.75, 3.05) is 13.1 Å². The van der Waals surface area contributed by atoms with Crippen LogP contribution in [0.4, 0.5) is 0 Å². The first-order valence-corrected chi connectivity index (χ1v) is 7.04. The Hall–Kier alpha value is -1.43. The highest BCUT2D eigenvalue weighted by atomic mass is 16.2. The van der Waals surface area contributed by atoms with Gasteiger partial charge in [-0.2, -0.15) is 5.10 Å². The first-order valence-electron chi connectivity index (χ1n) is 7.04. The summed E-state index contributed by atoms with van der Waals surface area (Å²) in [7, 11) is 0. The minimum atomic E-state index is 0.215. The van der Waals surface area contributed by atoms with Gasteiger partial charge in [-0.05, 0) is 25.2 Å². The van der Waals surface area contributed by atoms with Gasteiger partial charge in [-0.25, -0.2) is 4.98 Å². The molecular weight excluding hydrogens is 242 g/mol. The summed E-state index contributed by atoms with van der Waals surface area (Å²) in [5, 5.41) is 4.03. The van der Waals surface area contributed by atoms with Crippen LogP contribution in [0.2, 0.25) is 0 Å². The zero-order valence-electron chi connectivity index (χ0n) is 11.5. The number of piperidine rings is 1. The molecule has 1 aliphatic rings. The molecule has 0 aromatic carbocycles. The molecule has 1 aliphatic heterocycles. The topological polar surface area (TPSA) is 77.0 Å². The average Bonchev–Trinajstić information content (AvgIpc) is 2.91. The smallest absolute Gasteiger partial charge is 0.222 e. The maximum atomic E-state index is 12.3. The third kappa shape index (κ3) is 3.53. The van der Waals surface area contributed by atoms with Gasteiger partial charge >= 0.3 is 0 Å². The molecule has 0 spiro atoms. The highest BCUT2D eigenvalue weighted by molar-refractivity contribution is 5.76. The van der Waals surface area contributed by atoms with Crippen molar-refractivity contribution >= 4 is 5.91 Å². The van der Waals surface area contributed by atoms with E-state index in [-0.39, 0.29) is 11.9 Å². The van der Waals surface area contributed by atoms with E-state index in [1.165, 1.54) is 12.7 Å². The Labute approximate surface area is 114 Å². The Bertz CT molecular complexity index is 392. The fourth-order valence-corrected chi connectivity index (χ4v) is 2.80. The summed E-state index contributed by atoms with van der Waals surface area (Å²) >= 11 is 0. The van der Waals surface area contributed by atoms with Crippen LogP contribution in [0.15, 0.2) is 12.7 Å². The van der Waals surface area contributed by atoms with E-state index in [9.17, 15) is 4.79 Å². The van der Waals surface area contributed by atoms with Gasteiger partial charge < -0.3 is 10.6 Å². The molecule has 19 heavy (non-hydrogen) atoms. The van der Waals surface area contributed by atoms with Crippen molar-refractivity contribution < 1.29 is 4.79 Å². The summed E-state index contributed by atoms with van der Waals surface area (Å²) in [5.41, 5.74) is 5.81. The summed E-state index contributed by atoms with van der Waals surface area (Å²) < 4.78 is 1.76. The Balaban J connectivity index is 1.81. The largest absolute Gasteiger partial charge is 0.338 e. The van der Waals surface area contributed by atoms with Crippen LogP contribution in [-0.4, -0.2) is 44.7 Å². The van der Waals surface area contributed by atoms with Gasteiger partial charge in [0.2, 0.25) is 5.91 Å². The third-order valence-corrected chi connectivity index (χ3v) is 3.92. The molecule has 1 aromatic heterocycles. The maximum absolute atomic E-state index is 12.3. The van der Waals surface area contributed by atoms with E-state index in [4.69, 9.17) is 5.73 Å². The quantitative estimate of drug-likeness (QED) is 0.847. The lowest BCUT2D eigenvalue weighted by atomic mass is 9.90. The lowest BCUT2D eigenvalue weighted by Gasteiger charge is -2.39. The van der Waals surface area contributed by atoms with Crippen molar-refractivity contribution in [3.8, 4) is 0 Å². The van der Waals surface area contributed by atoms with Gasteiger partial charge in [0.25, 0.3) is 0 Å². The Morgan fingerprint density at radius 1 is 1.53 bits per heavy atom. The summed E-state index contributed by atoms with van der Waals surface area (Å²) in [4.78, 5) is 18.1. The number of nitrogens with zero attached hydrogens (tertiary/aromatic N) is 4. The van der Waals surface area contributed by atoms with E-state index >= 15 is 0 Å². The van der Waals surface area contributed by atoms with Crippen LogP contribution in [0.1, 0.15) is 32.6 Å². The number of likely N-dealkylation sites (tertiary alicyclic amines) is 1. The summed E-state index contributed by atoms with van der Waals surface area (Å²) in [6, 6.07) is 0.215. The van der Waals surface area contributed by atoms with Gasteiger partial charge in [0, 0.05) is 32.1 Å². The van der Waals surface area contributed by atoms with Crippen molar-refractivity contribution in [3.63, 3.8) is 0 Å². The molecule has 2 heterocycles. The second-order valence-electron chi connectivity index (χ2n) is 5.27. The van der Waals surface area contributed by atoms with Crippen LogP contribution in [-0.2, 0) is 11.3 Å². The van der Waals surface area contributed by atoms with E-state index in [1.54, 1.807) is 11.0 Å². The monoisotopic (exact) mass is 265 g/mol. The molecule has 6 heteroatoms. The molecule has 106 valence electrons. The molecule has 0 bridgehead atoms. The Morgan fingerprint density at radius 2 is 2.37 bits per heavy atom. The zero-order valence-corrected chi connectivity index (χ0v) is 11.5. The molecule has 0 aliphatic carbocycles. The molecule has 2 rings (SSSR count). The molecule has 2 atom stereocenters. The van der Waals surface area contributed by atoms with Crippen LogP contribution < -0.4 is 5.73 Å². The number of carbonyl (C=O) groups excluding carboxylic acids is 1. The number of rotatable bonds is 5. The second-order valence-corrected chi connectivity index (χ2v) is 5.27. The number of carbonyl (C=O) groups is 1. The zero-order chi connectivity index (χ0) is 13.7. The Kier molecular flexibility index (Phi) is 4.90. The lowest BCUT2D eigenvalue weighted by Crippen LogP contribution is -2.51. The van der Waals surface area contributed by atoms with Crippen molar-refractivity contribution in [2.45, 2.75) is 45.2 Å². The van der Waals surface area contributed by atoms with Crippen molar-refractivity contribution in [1.82, 2.24) is 19.7 Å². The molecule has 2 N–H and O–H groups in total. The maximum Gasteiger partial charge on any atom is 0.222 e. The van der Waals surface area contributed by atoms with Crippen LogP contribution in [0, 0.1) is 5.92 Å². The molecule has 1 fully saturated rings.